The zero-order valence-electron chi connectivity index (χ0n) is 7.58. The van der Waals surface area contributed by atoms with Crippen molar-refractivity contribution in [1.82, 2.24) is 9.80 Å². The first-order valence-electron chi connectivity index (χ1n) is 4.97. The zero-order valence-corrected chi connectivity index (χ0v) is 7.58. The van der Waals surface area contributed by atoms with Gasteiger partial charge >= 0.3 is 0 Å². The molecule has 0 spiro atoms. The molecule has 1 saturated carbocycles. The smallest absolute Gasteiger partial charge is 0.0558 e. The van der Waals surface area contributed by atoms with Gasteiger partial charge in [0.1, 0.15) is 0 Å². The van der Waals surface area contributed by atoms with Crippen LogP contribution in [0.25, 0.3) is 0 Å². The molecule has 1 saturated heterocycles. The van der Waals surface area contributed by atoms with Gasteiger partial charge in [-0.05, 0) is 12.8 Å². The van der Waals surface area contributed by atoms with E-state index in [0.29, 0.717) is 6.61 Å². The average molecular weight is 170 g/mol. The maximum atomic E-state index is 8.75. The van der Waals surface area contributed by atoms with Gasteiger partial charge < -0.3 is 5.11 Å². The fraction of sp³-hybridized carbons (Fsp3) is 1.00. The van der Waals surface area contributed by atoms with E-state index in [4.69, 9.17) is 5.11 Å². The Labute approximate surface area is 74.0 Å². The summed E-state index contributed by atoms with van der Waals surface area (Å²) in [5.41, 5.74) is 0. The van der Waals surface area contributed by atoms with Gasteiger partial charge in [0, 0.05) is 38.8 Å². The van der Waals surface area contributed by atoms with E-state index >= 15 is 0 Å². The van der Waals surface area contributed by atoms with Crippen molar-refractivity contribution in [3.63, 3.8) is 0 Å². The summed E-state index contributed by atoms with van der Waals surface area (Å²) >= 11 is 0. The third-order valence-corrected chi connectivity index (χ3v) is 2.89. The predicted octanol–water partition coefficient (Wildman–Crippen LogP) is -0.241. The minimum absolute atomic E-state index is 0.309. The lowest BCUT2D eigenvalue weighted by molar-refractivity contribution is 0.108. The van der Waals surface area contributed by atoms with Crippen LogP contribution >= 0.6 is 0 Å². The molecule has 2 fully saturated rings. The van der Waals surface area contributed by atoms with Gasteiger partial charge in [-0.3, -0.25) is 9.80 Å². The average Bonchev–Trinajstić information content (AvgIpc) is 2.89. The molecule has 2 aliphatic rings. The SMILES string of the molecule is OCCN1CCN(C2CC2)CC1. The molecule has 3 nitrogen and oxygen atoms in total. The van der Waals surface area contributed by atoms with Crippen molar-refractivity contribution in [3.05, 3.63) is 0 Å². The van der Waals surface area contributed by atoms with Gasteiger partial charge in [-0.2, -0.15) is 0 Å². The molecular weight excluding hydrogens is 152 g/mol. The van der Waals surface area contributed by atoms with Crippen molar-refractivity contribution < 1.29 is 5.11 Å². The van der Waals surface area contributed by atoms with Crippen LogP contribution in [0.5, 0.6) is 0 Å². The van der Waals surface area contributed by atoms with Crippen LogP contribution in [0.3, 0.4) is 0 Å². The quantitative estimate of drug-likeness (QED) is 0.633. The minimum atomic E-state index is 0.309. The number of β-amino-alcohol motifs (C(OH)–C–C–N with tert-alkyl or cyclic N) is 1. The van der Waals surface area contributed by atoms with Gasteiger partial charge in [-0.1, -0.05) is 0 Å². The Morgan fingerprint density at radius 2 is 1.75 bits per heavy atom. The first-order chi connectivity index (χ1) is 5.90. The Morgan fingerprint density at radius 1 is 1.08 bits per heavy atom. The fourth-order valence-electron chi connectivity index (χ4n) is 1.93. The maximum absolute atomic E-state index is 8.75. The number of hydrogen-bond donors (Lipinski definition) is 1. The largest absolute Gasteiger partial charge is 0.395 e. The third kappa shape index (κ3) is 1.97. The van der Waals surface area contributed by atoms with E-state index in [-0.39, 0.29) is 0 Å². The number of nitrogens with zero attached hydrogens (tertiary/aromatic N) is 2. The molecule has 0 aromatic heterocycles. The Morgan fingerprint density at radius 3 is 2.25 bits per heavy atom. The summed E-state index contributed by atoms with van der Waals surface area (Å²) in [5, 5.41) is 8.75. The number of piperazine rings is 1. The standard InChI is InChI=1S/C9H18N2O/c12-8-7-10-3-5-11(6-4-10)9-1-2-9/h9,12H,1-8H2. The van der Waals surface area contributed by atoms with Gasteiger partial charge in [0.15, 0.2) is 0 Å². The van der Waals surface area contributed by atoms with Gasteiger partial charge in [-0.25, -0.2) is 0 Å². The lowest BCUT2D eigenvalue weighted by Gasteiger charge is -2.34. The summed E-state index contributed by atoms with van der Waals surface area (Å²) in [6.45, 7) is 5.89. The molecule has 0 bridgehead atoms. The summed E-state index contributed by atoms with van der Waals surface area (Å²) in [4.78, 5) is 4.94. The number of aliphatic hydroxyl groups is 1. The number of hydrogen-bond acceptors (Lipinski definition) is 3. The molecule has 1 aliphatic carbocycles. The maximum Gasteiger partial charge on any atom is 0.0558 e. The lowest BCUT2D eigenvalue weighted by atomic mass is 10.3. The minimum Gasteiger partial charge on any atom is -0.395 e. The second-order valence-corrected chi connectivity index (χ2v) is 3.83. The van der Waals surface area contributed by atoms with Gasteiger partial charge in [-0.15, -0.1) is 0 Å². The van der Waals surface area contributed by atoms with E-state index in [2.05, 4.69) is 9.80 Å². The van der Waals surface area contributed by atoms with Crippen LogP contribution in [0.2, 0.25) is 0 Å². The van der Waals surface area contributed by atoms with Crippen LogP contribution in [0.1, 0.15) is 12.8 Å². The van der Waals surface area contributed by atoms with Crippen molar-refractivity contribution in [2.45, 2.75) is 18.9 Å². The highest BCUT2D eigenvalue weighted by atomic mass is 16.3. The molecule has 70 valence electrons. The van der Waals surface area contributed by atoms with Crippen LogP contribution in [-0.2, 0) is 0 Å². The van der Waals surface area contributed by atoms with E-state index in [1.165, 1.54) is 25.9 Å². The van der Waals surface area contributed by atoms with Crippen LogP contribution in [0.4, 0.5) is 0 Å². The Balaban J connectivity index is 1.69. The number of rotatable bonds is 3. The molecule has 1 aliphatic heterocycles. The molecule has 0 unspecified atom stereocenters. The monoisotopic (exact) mass is 170 g/mol. The van der Waals surface area contributed by atoms with E-state index in [1.807, 2.05) is 0 Å². The fourth-order valence-corrected chi connectivity index (χ4v) is 1.93. The molecule has 0 aromatic carbocycles. The highest BCUT2D eigenvalue weighted by molar-refractivity contribution is 4.87. The topological polar surface area (TPSA) is 26.7 Å². The Kier molecular flexibility index (Phi) is 2.63. The summed E-state index contributed by atoms with van der Waals surface area (Å²) in [6.07, 6.45) is 2.83. The highest BCUT2D eigenvalue weighted by Gasteiger charge is 2.30. The van der Waals surface area contributed by atoms with Gasteiger partial charge in [0.25, 0.3) is 0 Å². The molecule has 0 amide bonds. The molecule has 1 N–H and O–H groups in total. The molecule has 1 heterocycles. The first kappa shape index (κ1) is 8.48. The Bertz CT molecular complexity index is 139. The van der Waals surface area contributed by atoms with Gasteiger partial charge in [0.05, 0.1) is 6.61 Å². The molecule has 2 rings (SSSR count). The van der Waals surface area contributed by atoms with E-state index in [9.17, 15) is 0 Å². The van der Waals surface area contributed by atoms with Gasteiger partial charge in [0.2, 0.25) is 0 Å². The summed E-state index contributed by atoms with van der Waals surface area (Å²) in [7, 11) is 0. The summed E-state index contributed by atoms with van der Waals surface area (Å²) in [5.74, 6) is 0. The first-order valence-corrected chi connectivity index (χ1v) is 4.97. The molecule has 0 atom stereocenters. The van der Waals surface area contributed by atoms with Crippen LogP contribution < -0.4 is 0 Å². The highest BCUT2D eigenvalue weighted by Crippen LogP contribution is 2.27. The number of aliphatic hydroxyl groups excluding tert-OH is 1. The summed E-state index contributed by atoms with van der Waals surface area (Å²) in [6, 6.07) is 0.918. The van der Waals surface area contributed by atoms with Crippen molar-refractivity contribution in [3.8, 4) is 0 Å². The molecule has 12 heavy (non-hydrogen) atoms. The van der Waals surface area contributed by atoms with Crippen LogP contribution in [0.15, 0.2) is 0 Å². The molecule has 3 heteroatoms. The van der Waals surface area contributed by atoms with E-state index in [1.54, 1.807) is 0 Å². The molecule has 0 radical (unpaired) electrons. The second-order valence-electron chi connectivity index (χ2n) is 3.83. The second kappa shape index (κ2) is 3.73. The zero-order chi connectivity index (χ0) is 8.39. The van der Waals surface area contributed by atoms with Crippen molar-refractivity contribution >= 4 is 0 Å². The van der Waals surface area contributed by atoms with E-state index < -0.39 is 0 Å². The van der Waals surface area contributed by atoms with Crippen LogP contribution in [-0.4, -0.2) is 60.3 Å². The van der Waals surface area contributed by atoms with Crippen molar-refractivity contribution in [2.24, 2.45) is 0 Å². The normalized spacial score (nSPS) is 27.8. The third-order valence-electron chi connectivity index (χ3n) is 2.89. The van der Waals surface area contributed by atoms with E-state index in [0.717, 1.165) is 25.7 Å². The Hall–Kier alpha value is -0.120. The molecular formula is C9H18N2O. The van der Waals surface area contributed by atoms with Crippen LogP contribution in [0, 0.1) is 0 Å². The summed E-state index contributed by atoms with van der Waals surface area (Å²) < 4.78 is 0. The van der Waals surface area contributed by atoms with Crippen molar-refractivity contribution in [1.29, 1.82) is 0 Å². The molecule has 0 aromatic rings. The predicted molar refractivity (Wildman–Crippen MR) is 48.1 cm³/mol. The lowest BCUT2D eigenvalue weighted by Crippen LogP contribution is -2.47. The van der Waals surface area contributed by atoms with Crippen molar-refractivity contribution in [2.75, 3.05) is 39.3 Å².